The largest absolute Gasteiger partial charge is 0.482 e. The van der Waals surface area contributed by atoms with E-state index in [0.29, 0.717) is 23.7 Å². The van der Waals surface area contributed by atoms with Crippen LogP contribution in [0.5, 0.6) is 5.75 Å². The predicted octanol–water partition coefficient (Wildman–Crippen LogP) is 1.27. The number of carbonyl (C=O) groups is 1. The smallest absolute Gasteiger partial charge is 0.257 e. The van der Waals surface area contributed by atoms with Crippen molar-refractivity contribution in [2.45, 2.75) is 6.42 Å². The molecule has 1 aromatic rings. The van der Waals surface area contributed by atoms with Crippen LogP contribution in [-0.4, -0.2) is 39.0 Å². The third-order valence-corrected chi connectivity index (χ3v) is 5.26. The highest BCUT2D eigenvalue weighted by Crippen LogP contribution is 2.22. The van der Waals surface area contributed by atoms with E-state index >= 15 is 0 Å². The number of benzene rings is 1. The van der Waals surface area contributed by atoms with Gasteiger partial charge >= 0.3 is 0 Å². The highest BCUT2D eigenvalue weighted by atomic mass is 35.5. The molecule has 0 saturated carbocycles. The molecule has 5 nitrogen and oxygen atoms in total. The first-order valence-corrected chi connectivity index (χ1v) is 8.51. The van der Waals surface area contributed by atoms with Gasteiger partial charge in [-0.1, -0.05) is 23.7 Å². The van der Waals surface area contributed by atoms with E-state index < -0.39 is 9.84 Å². The molecule has 1 aromatic carbocycles. The summed E-state index contributed by atoms with van der Waals surface area (Å²) in [6.07, 6.45) is 0.605. The predicted molar refractivity (Wildman–Crippen MR) is 76.7 cm³/mol. The first-order valence-electron chi connectivity index (χ1n) is 6.31. The quantitative estimate of drug-likeness (QED) is 0.887. The summed E-state index contributed by atoms with van der Waals surface area (Å²) in [5.74, 6) is 0.536. The number of hydrogen-bond acceptors (Lipinski definition) is 4. The second-order valence-corrected chi connectivity index (χ2v) is 7.43. The Labute approximate surface area is 123 Å². The Morgan fingerprint density at radius 3 is 2.80 bits per heavy atom. The minimum Gasteiger partial charge on any atom is -0.482 e. The van der Waals surface area contributed by atoms with Gasteiger partial charge in [0.2, 0.25) is 0 Å². The number of halogens is 1. The van der Waals surface area contributed by atoms with E-state index in [1.807, 2.05) is 0 Å². The van der Waals surface area contributed by atoms with Gasteiger partial charge in [0.25, 0.3) is 5.91 Å². The first kappa shape index (κ1) is 15.1. The van der Waals surface area contributed by atoms with Gasteiger partial charge in [-0.3, -0.25) is 4.79 Å². The van der Waals surface area contributed by atoms with E-state index in [2.05, 4.69) is 5.32 Å². The summed E-state index contributed by atoms with van der Waals surface area (Å²) >= 11 is 5.90. The summed E-state index contributed by atoms with van der Waals surface area (Å²) < 4.78 is 27.9. The number of ether oxygens (including phenoxy) is 1. The van der Waals surface area contributed by atoms with Crippen LogP contribution < -0.4 is 10.1 Å². The Balaban J connectivity index is 1.73. The Morgan fingerprint density at radius 1 is 1.40 bits per heavy atom. The Kier molecular flexibility index (Phi) is 4.88. The van der Waals surface area contributed by atoms with Crippen molar-refractivity contribution in [2.75, 3.05) is 24.7 Å². The summed E-state index contributed by atoms with van der Waals surface area (Å²) in [5.41, 5.74) is 0. The average molecular weight is 318 g/mol. The molecule has 0 spiro atoms. The molecular weight excluding hydrogens is 302 g/mol. The van der Waals surface area contributed by atoms with Gasteiger partial charge in [-0.05, 0) is 24.5 Å². The van der Waals surface area contributed by atoms with E-state index in [1.165, 1.54) is 0 Å². The van der Waals surface area contributed by atoms with E-state index in [0.717, 1.165) is 0 Å². The lowest BCUT2D eigenvalue weighted by Gasteiger charge is -2.11. The summed E-state index contributed by atoms with van der Waals surface area (Å²) in [6.45, 7) is 0.229. The van der Waals surface area contributed by atoms with Gasteiger partial charge < -0.3 is 10.1 Å². The van der Waals surface area contributed by atoms with Gasteiger partial charge in [0.15, 0.2) is 16.4 Å². The summed E-state index contributed by atoms with van der Waals surface area (Å²) in [7, 11) is -2.90. The van der Waals surface area contributed by atoms with Crippen molar-refractivity contribution in [1.82, 2.24) is 5.32 Å². The summed E-state index contributed by atoms with van der Waals surface area (Å²) in [5, 5.41) is 3.13. The molecule has 1 amide bonds. The molecule has 1 aliphatic rings. The van der Waals surface area contributed by atoms with Crippen LogP contribution in [0.2, 0.25) is 5.02 Å². The average Bonchev–Trinajstić information content (AvgIpc) is 2.75. The fourth-order valence-electron chi connectivity index (χ4n) is 2.05. The normalized spacial score (nSPS) is 20.6. The fraction of sp³-hybridized carbons (Fsp3) is 0.462. The maximum absolute atomic E-state index is 11.6. The minimum absolute atomic E-state index is 0.00395. The number of sulfone groups is 1. The lowest BCUT2D eigenvalue weighted by molar-refractivity contribution is -0.123. The molecule has 1 aliphatic heterocycles. The van der Waals surface area contributed by atoms with Crippen LogP contribution >= 0.6 is 11.6 Å². The van der Waals surface area contributed by atoms with Gasteiger partial charge in [-0.15, -0.1) is 0 Å². The molecule has 110 valence electrons. The monoisotopic (exact) mass is 317 g/mol. The van der Waals surface area contributed by atoms with Gasteiger partial charge in [-0.2, -0.15) is 0 Å². The van der Waals surface area contributed by atoms with Gasteiger partial charge in [0.1, 0.15) is 5.75 Å². The third-order valence-electron chi connectivity index (χ3n) is 3.11. The highest BCUT2D eigenvalue weighted by Gasteiger charge is 2.27. The van der Waals surface area contributed by atoms with Crippen molar-refractivity contribution in [2.24, 2.45) is 5.92 Å². The van der Waals surface area contributed by atoms with Crippen molar-refractivity contribution in [1.29, 1.82) is 0 Å². The number of nitrogens with one attached hydrogen (secondary N) is 1. The number of rotatable bonds is 5. The number of hydrogen-bond donors (Lipinski definition) is 1. The fourth-order valence-corrected chi connectivity index (χ4v) is 4.10. The van der Waals surface area contributed by atoms with E-state index in [-0.39, 0.29) is 29.9 Å². The molecule has 1 atom stereocenters. The molecule has 0 aliphatic carbocycles. The van der Waals surface area contributed by atoms with Crippen LogP contribution in [0.3, 0.4) is 0 Å². The molecule has 20 heavy (non-hydrogen) atoms. The zero-order valence-corrected chi connectivity index (χ0v) is 12.4. The Bertz CT molecular complexity index is 588. The van der Waals surface area contributed by atoms with Crippen LogP contribution in [0, 0.1) is 5.92 Å². The summed E-state index contributed by atoms with van der Waals surface area (Å²) in [6, 6.07) is 6.90. The molecule has 1 saturated heterocycles. The number of carbonyl (C=O) groups excluding carboxylic acids is 1. The van der Waals surface area contributed by atoms with E-state index in [1.54, 1.807) is 24.3 Å². The highest BCUT2D eigenvalue weighted by molar-refractivity contribution is 7.91. The maximum Gasteiger partial charge on any atom is 0.257 e. The van der Waals surface area contributed by atoms with Crippen LogP contribution in [-0.2, 0) is 14.6 Å². The Hall–Kier alpha value is -1.27. The molecule has 1 N–H and O–H groups in total. The molecular formula is C13H16ClNO4S. The second-order valence-electron chi connectivity index (χ2n) is 4.79. The molecule has 2 rings (SSSR count). The molecule has 0 aromatic heterocycles. The standard InChI is InChI=1S/C13H16ClNO4S/c14-11-3-1-2-4-12(11)19-8-13(16)15-7-10-5-6-20(17,18)9-10/h1-4,10H,5-9H2,(H,15,16). The molecule has 1 heterocycles. The van der Waals surface area contributed by atoms with Crippen LogP contribution in [0.1, 0.15) is 6.42 Å². The lowest BCUT2D eigenvalue weighted by atomic mass is 10.1. The molecule has 1 fully saturated rings. The lowest BCUT2D eigenvalue weighted by Crippen LogP contribution is -2.33. The van der Waals surface area contributed by atoms with Crippen molar-refractivity contribution in [3.05, 3.63) is 29.3 Å². The maximum atomic E-state index is 11.6. The zero-order chi connectivity index (χ0) is 14.6. The van der Waals surface area contributed by atoms with Crippen molar-refractivity contribution >= 4 is 27.3 Å². The van der Waals surface area contributed by atoms with Crippen molar-refractivity contribution < 1.29 is 17.9 Å². The summed E-state index contributed by atoms with van der Waals surface area (Å²) in [4.78, 5) is 11.6. The first-order chi connectivity index (χ1) is 9.46. The molecule has 1 unspecified atom stereocenters. The van der Waals surface area contributed by atoms with Crippen molar-refractivity contribution in [3.8, 4) is 5.75 Å². The second kappa shape index (κ2) is 6.45. The SMILES string of the molecule is O=C(COc1ccccc1Cl)NCC1CCS(=O)(=O)C1. The zero-order valence-electron chi connectivity index (χ0n) is 10.8. The molecule has 0 bridgehead atoms. The minimum atomic E-state index is -2.90. The topological polar surface area (TPSA) is 72.5 Å². The number of para-hydroxylation sites is 1. The Morgan fingerprint density at radius 2 is 2.15 bits per heavy atom. The van der Waals surface area contributed by atoms with Gasteiger partial charge in [-0.25, -0.2) is 8.42 Å². The van der Waals surface area contributed by atoms with E-state index in [9.17, 15) is 13.2 Å². The van der Waals surface area contributed by atoms with Crippen molar-refractivity contribution in [3.63, 3.8) is 0 Å². The van der Waals surface area contributed by atoms with Crippen LogP contribution in [0.15, 0.2) is 24.3 Å². The van der Waals surface area contributed by atoms with Gasteiger partial charge in [0, 0.05) is 6.54 Å². The van der Waals surface area contributed by atoms with Crippen LogP contribution in [0.25, 0.3) is 0 Å². The van der Waals surface area contributed by atoms with E-state index in [4.69, 9.17) is 16.3 Å². The molecule has 0 radical (unpaired) electrons. The third kappa shape index (κ3) is 4.38. The van der Waals surface area contributed by atoms with Gasteiger partial charge in [0.05, 0.1) is 16.5 Å². The molecule has 7 heteroatoms. The van der Waals surface area contributed by atoms with Crippen LogP contribution in [0.4, 0.5) is 0 Å². The number of amides is 1.